The van der Waals surface area contributed by atoms with E-state index in [-0.39, 0.29) is 0 Å². The Morgan fingerprint density at radius 3 is 2.44 bits per heavy atom. The van der Waals surface area contributed by atoms with Crippen LogP contribution in [0.15, 0.2) is 45.6 Å². The Morgan fingerprint density at radius 2 is 1.94 bits per heavy atom. The number of benzene rings is 1. The zero-order valence-corrected chi connectivity index (χ0v) is 9.67. The van der Waals surface area contributed by atoms with Gasteiger partial charge in [0.2, 0.25) is 0 Å². The van der Waals surface area contributed by atoms with Gasteiger partial charge in [-0.2, -0.15) is 0 Å². The Kier molecular flexibility index (Phi) is 2.96. The molecule has 0 saturated heterocycles. The van der Waals surface area contributed by atoms with Crippen LogP contribution in [-0.4, -0.2) is 16.1 Å². The van der Waals surface area contributed by atoms with Crippen molar-refractivity contribution in [3.8, 4) is 0 Å². The van der Waals surface area contributed by atoms with E-state index in [0.717, 1.165) is 0 Å². The highest BCUT2D eigenvalue weighted by molar-refractivity contribution is 8.06. The van der Waals surface area contributed by atoms with Gasteiger partial charge in [-0.1, -0.05) is 30.3 Å². The molecule has 0 radical (unpaired) electrons. The van der Waals surface area contributed by atoms with Gasteiger partial charge in [-0.25, -0.2) is 4.99 Å². The van der Waals surface area contributed by atoms with Crippen molar-refractivity contribution < 1.29 is 14.3 Å². The van der Waals surface area contributed by atoms with E-state index >= 15 is 0 Å². The molecule has 2 rings (SSSR count). The summed E-state index contributed by atoms with van der Waals surface area (Å²) in [6.07, 6.45) is 1.18. The molecule has 1 unspecified atom stereocenters. The normalized spacial score (nSPS) is 23.9. The van der Waals surface area contributed by atoms with Crippen LogP contribution in [0.4, 0.5) is 0 Å². The summed E-state index contributed by atoms with van der Waals surface area (Å²) in [4.78, 5) is 22.3. The summed E-state index contributed by atoms with van der Waals surface area (Å²) in [5.74, 6) is -1.56. The maximum absolute atomic E-state index is 9.19. The number of hydrogen-bond donors (Lipinski definition) is 2. The lowest BCUT2D eigenvalue weighted by Gasteiger charge is -2.23. The summed E-state index contributed by atoms with van der Waals surface area (Å²) < 4.78 is 4.95. The van der Waals surface area contributed by atoms with Gasteiger partial charge in [-0.15, -0.1) is 10.2 Å². The molecule has 1 aromatic rings. The van der Waals surface area contributed by atoms with Gasteiger partial charge in [0, 0.05) is 5.56 Å². The minimum absolute atomic E-state index is 0.532. The molecule has 6 nitrogen and oxygen atoms in total. The van der Waals surface area contributed by atoms with E-state index in [1.807, 2.05) is 0 Å². The minimum Gasteiger partial charge on any atom is -0.324 e. The number of nitrogens with zero attached hydrogens (tertiary/aromatic N) is 3. The van der Waals surface area contributed by atoms with Crippen LogP contribution in [0.5, 0.6) is 0 Å². The van der Waals surface area contributed by atoms with E-state index in [1.165, 1.54) is 6.34 Å². The van der Waals surface area contributed by atoms with Crippen LogP contribution in [0, 0.1) is 0 Å². The molecule has 1 atom stereocenters. The van der Waals surface area contributed by atoms with Crippen molar-refractivity contribution >= 4 is 24.9 Å². The summed E-state index contributed by atoms with van der Waals surface area (Å²) in [6, 6.07) is 8.68. The van der Waals surface area contributed by atoms with E-state index in [4.69, 9.17) is 4.52 Å². The maximum atomic E-state index is 9.19. The average molecular weight is 257 g/mol. The smallest absolute Gasteiger partial charge is 0.324 e. The van der Waals surface area contributed by atoms with Gasteiger partial charge in [0.15, 0.2) is 0 Å². The molecule has 0 amide bonds. The lowest BCUT2D eigenvalue weighted by atomic mass is 10.1. The molecule has 1 heterocycles. The van der Waals surface area contributed by atoms with Crippen LogP contribution >= 0.6 is 6.72 Å². The van der Waals surface area contributed by atoms with Crippen molar-refractivity contribution in [1.82, 2.24) is 0 Å². The van der Waals surface area contributed by atoms with Crippen molar-refractivity contribution in [1.29, 1.82) is 0 Å². The summed E-state index contributed by atoms with van der Waals surface area (Å²) in [5, 5.41) is 7.30. The van der Waals surface area contributed by atoms with Gasteiger partial charge < -0.3 is 9.79 Å². The fourth-order valence-electron chi connectivity index (χ4n) is 1.28. The van der Waals surface area contributed by atoms with Gasteiger partial charge >= 0.3 is 12.6 Å². The van der Waals surface area contributed by atoms with Crippen LogP contribution in [0.25, 0.3) is 0 Å². The molecule has 84 valence electrons. The quantitative estimate of drug-likeness (QED) is 0.803. The molecule has 0 aliphatic carbocycles. The van der Waals surface area contributed by atoms with Gasteiger partial charge in [0.05, 0.1) is 0 Å². The van der Waals surface area contributed by atoms with Crippen LogP contribution in [0.2, 0.25) is 0 Å². The highest BCUT2D eigenvalue weighted by Crippen LogP contribution is 2.48. The molecule has 8 heteroatoms. The molecule has 2 N–H and O–H groups in total. The Labute approximate surface area is 96.6 Å². The largest absolute Gasteiger partial charge is 0.325 e. The lowest BCUT2D eigenvalue weighted by Crippen LogP contribution is -2.21. The Bertz CT molecular complexity index is 473. The van der Waals surface area contributed by atoms with E-state index in [9.17, 15) is 9.79 Å². The van der Waals surface area contributed by atoms with Crippen molar-refractivity contribution in [2.75, 3.05) is 0 Å². The maximum Gasteiger partial charge on any atom is 0.325 e. The summed E-state index contributed by atoms with van der Waals surface area (Å²) in [7, 11) is 0. The van der Waals surface area contributed by atoms with Crippen LogP contribution in [-0.2, 0) is 22.2 Å². The Hall–Kier alpha value is -0.980. The van der Waals surface area contributed by atoms with Gasteiger partial charge in [-0.05, 0) is 11.8 Å². The average Bonchev–Trinajstić information content (AvgIpc) is 2.66. The summed E-state index contributed by atoms with van der Waals surface area (Å²) in [6.45, 7) is -3.88. The number of aliphatic imine (C=N–C) groups is 1. The van der Waals surface area contributed by atoms with Crippen LogP contribution in [0.3, 0.4) is 0 Å². The predicted octanol–water partition coefficient (Wildman–Crippen LogP) is 1.52. The Balaban J connectivity index is 2.42. The SMILES string of the molecule is OP(O)(=S)OC1(c2ccccc2)N=CN=N1. The molecular formula is C8H8N3O3PS. The first-order valence-electron chi connectivity index (χ1n) is 4.29. The third-order valence-corrected chi connectivity index (χ3v) is 2.59. The molecule has 0 fully saturated rings. The first-order valence-corrected chi connectivity index (χ1v) is 6.92. The number of azo groups is 1. The second-order valence-electron chi connectivity index (χ2n) is 3.02. The molecule has 0 saturated carbocycles. The summed E-state index contributed by atoms with van der Waals surface area (Å²) >= 11 is 4.42. The zero-order valence-electron chi connectivity index (χ0n) is 7.96. The molecule has 0 bridgehead atoms. The van der Waals surface area contributed by atoms with Gasteiger partial charge in [0.1, 0.15) is 6.34 Å². The monoisotopic (exact) mass is 257 g/mol. The molecule has 0 aromatic heterocycles. The molecular weight excluding hydrogens is 249 g/mol. The lowest BCUT2D eigenvalue weighted by molar-refractivity contribution is 0.0669. The molecule has 1 aromatic carbocycles. The van der Waals surface area contributed by atoms with E-state index < -0.39 is 12.6 Å². The zero-order chi connectivity index (χ0) is 11.6. The highest BCUT2D eigenvalue weighted by atomic mass is 32.5. The Morgan fingerprint density at radius 1 is 1.25 bits per heavy atom. The topological polar surface area (TPSA) is 86.8 Å². The van der Waals surface area contributed by atoms with Crippen molar-refractivity contribution in [2.24, 2.45) is 15.2 Å². The minimum atomic E-state index is -3.88. The third-order valence-electron chi connectivity index (χ3n) is 1.87. The second kappa shape index (κ2) is 4.12. The number of hydrogen-bond acceptors (Lipinski definition) is 5. The molecule has 1 aliphatic rings. The molecule has 0 spiro atoms. The predicted molar refractivity (Wildman–Crippen MR) is 61.3 cm³/mol. The van der Waals surface area contributed by atoms with Crippen molar-refractivity contribution in [2.45, 2.75) is 5.85 Å². The second-order valence-corrected chi connectivity index (χ2v) is 5.61. The third kappa shape index (κ3) is 2.40. The highest BCUT2D eigenvalue weighted by Gasteiger charge is 2.39. The van der Waals surface area contributed by atoms with Crippen LogP contribution < -0.4 is 0 Å². The molecule has 1 aliphatic heterocycles. The van der Waals surface area contributed by atoms with E-state index in [0.29, 0.717) is 5.56 Å². The first kappa shape index (κ1) is 11.5. The van der Waals surface area contributed by atoms with Gasteiger partial charge in [0.25, 0.3) is 0 Å². The van der Waals surface area contributed by atoms with E-state index in [1.54, 1.807) is 30.3 Å². The fourth-order valence-corrected chi connectivity index (χ4v) is 2.11. The van der Waals surface area contributed by atoms with Crippen LogP contribution in [0.1, 0.15) is 5.56 Å². The number of rotatable bonds is 3. The molecule has 16 heavy (non-hydrogen) atoms. The summed E-state index contributed by atoms with van der Waals surface area (Å²) in [5.41, 5.74) is 0.532. The van der Waals surface area contributed by atoms with Crippen molar-refractivity contribution in [3.63, 3.8) is 0 Å². The van der Waals surface area contributed by atoms with E-state index in [2.05, 4.69) is 27.0 Å². The standard InChI is InChI=1S/C8H8N3O3PS/c12-15(13,16)14-8(9-6-10-11-8)7-4-2-1-3-5-7/h1-6H,(H2,12,13,16). The van der Waals surface area contributed by atoms with Gasteiger partial charge in [-0.3, -0.25) is 4.52 Å². The van der Waals surface area contributed by atoms with Crippen molar-refractivity contribution in [3.05, 3.63) is 35.9 Å². The fraction of sp³-hybridized carbons (Fsp3) is 0.125. The first-order chi connectivity index (χ1) is 7.52.